The second kappa shape index (κ2) is 5.35. The normalized spacial score (nSPS) is 28.5. The van der Waals surface area contributed by atoms with Gasteiger partial charge in [-0.2, -0.15) is 0 Å². The quantitative estimate of drug-likeness (QED) is 0.822. The van der Waals surface area contributed by atoms with Gasteiger partial charge < -0.3 is 14.4 Å². The summed E-state index contributed by atoms with van der Waals surface area (Å²) in [6.07, 6.45) is 4.25. The van der Waals surface area contributed by atoms with Crippen LogP contribution in [-0.2, 0) is 21.3 Å². The predicted molar refractivity (Wildman–Crippen MR) is 75.1 cm³/mol. The molecule has 0 unspecified atom stereocenters. The van der Waals surface area contributed by atoms with Gasteiger partial charge in [0.15, 0.2) is 5.03 Å². The standard InChI is InChI=1S/C13H21N3O4S/c1-2-16-9-14-8-12(16)21(18,19)15-10-7-11(17)13(10)3-5-20-6-4-13/h8-11,15,17H,2-7H2,1H3/t10-,11-/m1/s1. The monoisotopic (exact) mass is 315 g/mol. The third-order valence-electron chi connectivity index (χ3n) is 4.83. The van der Waals surface area contributed by atoms with Gasteiger partial charge in [-0.15, -0.1) is 0 Å². The summed E-state index contributed by atoms with van der Waals surface area (Å²) in [5.74, 6) is 0. The van der Waals surface area contributed by atoms with Crippen LogP contribution in [0.4, 0.5) is 0 Å². The molecule has 118 valence electrons. The zero-order valence-corrected chi connectivity index (χ0v) is 12.8. The molecule has 1 spiro atoms. The summed E-state index contributed by atoms with van der Waals surface area (Å²) in [6, 6.07) is -0.235. The maximum atomic E-state index is 12.5. The molecule has 1 aliphatic heterocycles. The number of aromatic nitrogens is 2. The minimum Gasteiger partial charge on any atom is -0.392 e. The number of aliphatic hydroxyl groups excluding tert-OH is 1. The minimum atomic E-state index is -3.62. The summed E-state index contributed by atoms with van der Waals surface area (Å²) < 4.78 is 34.7. The van der Waals surface area contributed by atoms with Crippen LogP contribution in [0.5, 0.6) is 0 Å². The molecule has 21 heavy (non-hydrogen) atoms. The molecule has 2 N–H and O–H groups in total. The van der Waals surface area contributed by atoms with Crippen molar-refractivity contribution in [2.75, 3.05) is 13.2 Å². The molecular weight excluding hydrogens is 294 g/mol. The number of nitrogens with one attached hydrogen (secondary N) is 1. The van der Waals surface area contributed by atoms with E-state index in [0.717, 1.165) is 0 Å². The van der Waals surface area contributed by atoms with Crippen molar-refractivity contribution >= 4 is 10.0 Å². The maximum Gasteiger partial charge on any atom is 0.258 e. The molecule has 3 rings (SSSR count). The molecule has 2 atom stereocenters. The molecular formula is C13H21N3O4S. The zero-order chi connectivity index (χ0) is 15.1. The molecule has 2 fully saturated rings. The number of rotatable bonds is 4. The van der Waals surface area contributed by atoms with E-state index in [1.165, 1.54) is 12.5 Å². The van der Waals surface area contributed by atoms with Crippen molar-refractivity contribution < 1.29 is 18.3 Å². The number of ether oxygens (including phenoxy) is 1. The Morgan fingerprint density at radius 1 is 1.52 bits per heavy atom. The van der Waals surface area contributed by atoms with E-state index in [0.29, 0.717) is 39.0 Å². The van der Waals surface area contributed by atoms with Crippen molar-refractivity contribution in [1.82, 2.24) is 14.3 Å². The van der Waals surface area contributed by atoms with Gasteiger partial charge in [-0.25, -0.2) is 18.1 Å². The van der Waals surface area contributed by atoms with Crippen LogP contribution < -0.4 is 4.72 Å². The summed E-state index contributed by atoms with van der Waals surface area (Å²) in [5.41, 5.74) is -0.373. The summed E-state index contributed by atoms with van der Waals surface area (Å²) in [4.78, 5) is 3.90. The fourth-order valence-electron chi connectivity index (χ4n) is 3.38. The van der Waals surface area contributed by atoms with Crippen molar-refractivity contribution in [3.05, 3.63) is 12.5 Å². The molecule has 8 heteroatoms. The molecule has 1 saturated heterocycles. The third kappa shape index (κ3) is 2.40. The number of hydrogen-bond acceptors (Lipinski definition) is 5. The first-order chi connectivity index (χ1) is 9.99. The summed E-state index contributed by atoms with van der Waals surface area (Å²) >= 11 is 0. The number of nitrogens with zero attached hydrogens (tertiary/aromatic N) is 2. The van der Waals surface area contributed by atoms with Crippen molar-refractivity contribution in [3.63, 3.8) is 0 Å². The van der Waals surface area contributed by atoms with E-state index in [2.05, 4.69) is 9.71 Å². The molecule has 2 heterocycles. The fraction of sp³-hybridized carbons (Fsp3) is 0.769. The lowest BCUT2D eigenvalue weighted by Gasteiger charge is -2.55. The summed E-state index contributed by atoms with van der Waals surface area (Å²) in [5, 5.41) is 10.3. The second-order valence-corrected chi connectivity index (χ2v) is 7.45. The van der Waals surface area contributed by atoms with E-state index < -0.39 is 16.1 Å². The smallest absolute Gasteiger partial charge is 0.258 e. The molecule has 1 aromatic heterocycles. The molecule has 1 aliphatic carbocycles. The van der Waals surface area contributed by atoms with Crippen LogP contribution in [0.3, 0.4) is 0 Å². The van der Waals surface area contributed by atoms with Crippen LogP contribution >= 0.6 is 0 Å². The van der Waals surface area contributed by atoms with Gasteiger partial charge in [0.25, 0.3) is 10.0 Å². The van der Waals surface area contributed by atoms with Crippen LogP contribution in [0.25, 0.3) is 0 Å². The number of sulfonamides is 1. The fourth-order valence-corrected chi connectivity index (χ4v) is 4.89. The highest BCUT2D eigenvalue weighted by Crippen LogP contribution is 2.49. The van der Waals surface area contributed by atoms with Gasteiger partial charge in [0.1, 0.15) is 0 Å². The summed E-state index contributed by atoms with van der Waals surface area (Å²) in [6.45, 7) is 3.56. The van der Waals surface area contributed by atoms with E-state index in [9.17, 15) is 13.5 Å². The third-order valence-corrected chi connectivity index (χ3v) is 6.31. The van der Waals surface area contributed by atoms with Gasteiger partial charge in [0, 0.05) is 31.2 Å². The van der Waals surface area contributed by atoms with E-state index >= 15 is 0 Å². The van der Waals surface area contributed by atoms with E-state index in [4.69, 9.17) is 4.74 Å². The number of hydrogen-bond donors (Lipinski definition) is 2. The average molecular weight is 315 g/mol. The van der Waals surface area contributed by atoms with Gasteiger partial charge in [-0.3, -0.25) is 0 Å². The van der Waals surface area contributed by atoms with Gasteiger partial charge >= 0.3 is 0 Å². The van der Waals surface area contributed by atoms with Crippen molar-refractivity contribution in [1.29, 1.82) is 0 Å². The molecule has 2 aliphatic rings. The average Bonchev–Trinajstić information content (AvgIpc) is 2.97. The second-order valence-electron chi connectivity index (χ2n) is 5.79. The number of imidazole rings is 1. The first-order valence-electron chi connectivity index (χ1n) is 7.28. The largest absolute Gasteiger partial charge is 0.392 e. The van der Waals surface area contributed by atoms with Gasteiger partial charge in [0.05, 0.1) is 18.6 Å². The van der Waals surface area contributed by atoms with Crippen LogP contribution in [-0.4, -0.2) is 48.4 Å². The molecule has 1 aromatic rings. The Kier molecular flexibility index (Phi) is 3.81. The van der Waals surface area contributed by atoms with E-state index in [1.54, 1.807) is 4.57 Å². The Morgan fingerprint density at radius 3 is 2.86 bits per heavy atom. The molecule has 0 amide bonds. The Balaban J connectivity index is 1.80. The number of aryl methyl sites for hydroxylation is 1. The summed E-state index contributed by atoms with van der Waals surface area (Å²) in [7, 11) is -3.62. The highest BCUT2D eigenvalue weighted by molar-refractivity contribution is 7.89. The minimum absolute atomic E-state index is 0.175. The van der Waals surface area contributed by atoms with Gasteiger partial charge in [-0.1, -0.05) is 0 Å². The SMILES string of the molecule is CCn1cncc1S(=O)(=O)N[C@@H]1C[C@@H](O)C12CCOCC2. The molecule has 0 bridgehead atoms. The first-order valence-corrected chi connectivity index (χ1v) is 8.76. The zero-order valence-electron chi connectivity index (χ0n) is 12.0. The Morgan fingerprint density at radius 2 is 2.24 bits per heavy atom. The van der Waals surface area contributed by atoms with Gasteiger partial charge in [-0.05, 0) is 26.2 Å². The molecule has 7 nitrogen and oxygen atoms in total. The Hall–Kier alpha value is -0.960. The van der Waals surface area contributed by atoms with Crippen molar-refractivity contribution in [3.8, 4) is 0 Å². The molecule has 1 saturated carbocycles. The lowest BCUT2D eigenvalue weighted by atomic mass is 9.58. The lowest BCUT2D eigenvalue weighted by Crippen LogP contribution is -2.65. The number of aliphatic hydroxyl groups is 1. The Bertz CT molecular complexity index is 607. The lowest BCUT2D eigenvalue weighted by molar-refractivity contribution is -0.143. The van der Waals surface area contributed by atoms with Gasteiger partial charge in [0.2, 0.25) is 0 Å². The Labute approximate surface area is 124 Å². The topological polar surface area (TPSA) is 93.5 Å². The maximum absolute atomic E-state index is 12.5. The van der Waals surface area contributed by atoms with E-state index in [1.807, 2.05) is 6.92 Å². The van der Waals surface area contributed by atoms with Crippen LogP contribution in [0.1, 0.15) is 26.2 Å². The van der Waals surface area contributed by atoms with Crippen molar-refractivity contribution in [2.45, 2.75) is 49.9 Å². The molecule has 0 aromatic carbocycles. The first kappa shape index (κ1) is 15.0. The molecule has 0 radical (unpaired) electrons. The highest BCUT2D eigenvalue weighted by atomic mass is 32.2. The van der Waals surface area contributed by atoms with Crippen LogP contribution in [0, 0.1) is 5.41 Å². The van der Waals surface area contributed by atoms with Crippen molar-refractivity contribution in [2.24, 2.45) is 5.41 Å². The van der Waals surface area contributed by atoms with E-state index in [-0.39, 0.29) is 16.5 Å². The highest BCUT2D eigenvalue weighted by Gasteiger charge is 2.56. The van der Waals surface area contributed by atoms with Crippen LogP contribution in [0.2, 0.25) is 0 Å². The predicted octanol–water partition coefficient (Wildman–Crippen LogP) is 0.111. The van der Waals surface area contributed by atoms with Crippen LogP contribution in [0.15, 0.2) is 17.6 Å².